The van der Waals surface area contributed by atoms with Crippen LogP contribution in [-0.2, 0) is 4.79 Å². The Labute approximate surface area is 114 Å². The number of nitrogens with zero attached hydrogens (tertiary/aromatic N) is 1. The molecule has 4 atom stereocenters. The molecule has 19 heavy (non-hydrogen) atoms. The van der Waals surface area contributed by atoms with Crippen LogP contribution in [0.1, 0.15) is 48.8 Å². The third kappa shape index (κ3) is 1.35. The fraction of sp³-hybridized carbons (Fsp3) is 0.588. The standard InChI is InChI=1S/C17H21NO/c1-9-6-14-15(7-10(9)2)18(11(3)19)17-13-5-4-12(8-13)16(14)17/h6-7,12-13,16-17H,4-5,8H2,1-3H3/t12-,13+,16-,17-/m0/s1. The van der Waals surface area contributed by atoms with Gasteiger partial charge in [-0.2, -0.15) is 0 Å². The second-order valence-electron chi connectivity index (χ2n) is 6.73. The summed E-state index contributed by atoms with van der Waals surface area (Å²) in [5.74, 6) is 2.41. The molecular weight excluding hydrogens is 234 g/mol. The lowest BCUT2D eigenvalue weighted by atomic mass is 9.81. The van der Waals surface area contributed by atoms with Crippen LogP contribution in [0.4, 0.5) is 5.69 Å². The van der Waals surface area contributed by atoms with Crippen molar-refractivity contribution in [2.24, 2.45) is 11.8 Å². The summed E-state index contributed by atoms with van der Waals surface area (Å²) in [7, 11) is 0. The molecule has 1 heterocycles. The van der Waals surface area contributed by atoms with Gasteiger partial charge in [0, 0.05) is 24.6 Å². The van der Waals surface area contributed by atoms with E-state index in [1.54, 1.807) is 6.92 Å². The lowest BCUT2D eigenvalue weighted by molar-refractivity contribution is -0.117. The van der Waals surface area contributed by atoms with E-state index in [0.717, 1.165) is 11.8 Å². The molecule has 0 saturated heterocycles. The first-order valence-electron chi connectivity index (χ1n) is 7.49. The van der Waals surface area contributed by atoms with Crippen LogP contribution >= 0.6 is 0 Å². The molecule has 2 heteroatoms. The molecule has 3 aliphatic rings. The number of aryl methyl sites for hydroxylation is 2. The molecule has 0 N–H and O–H groups in total. The van der Waals surface area contributed by atoms with E-state index in [1.807, 2.05) is 0 Å². The van der Waals surface area contributed by atoms with Gasteiger partial charge in [0.2, 0.25) is 5.91 Å². The molecular formula is C17H21NO. The molecule has 100 valence electrons. The van der Waals surface area contributed by atoms with E-state index in [4.69, 9.17) is 0 Å². The summed E-state index contributed by atoms with van der Waals surface area (Å²) in [6.45, 7) is 6.07. The van der Waals surface area contributed by atoms with Crippen LogP contribution in [0.3, 0.4) is 0 Å². The molecule has 2 aliphatic carbocycles. The van der Waals surface area contributed by atoms with Gasteiger partial charge in [0.05, 0.1) is 0 Å². The van der Waals surface area contributed by atoms with Gasteiger partial charge in [-0.1, -0.05) is 6.07 Å². The van der Waals surface area contributed by atoms with E-state index in [2.05, 4.69) is 30.9 Å². The minimum absolute atomic E-state index is 0.226. The van der Waals surface area contributed by atoms with Crippen LogP contribution in [0.15, 0.2) is 12.1 Å². The van der Waals surface area contributed by atoms with Gasteiger partial charge in [0.1, 0.15) is 0 Å². The fourth-order valence-electron chi connectivity index (χ4n) is 4.91. The monoisotopic (exact) mass is 255 g/mol. The molecule has 0 unspecified atom stereocenters. The number of hydrogen-bond donors (Lipinski definition) is 0. The number of hydrogen-bond acceptors (Lipinski definition) is 1. The molecule has 2 nitrogen and oxygen atoms in total. The molecule has 0 radical (unpaired) electrons. The number of rotatable bonds is 0. The Balaban J connectivity index is 1.92. The second-order valence-corrected chi connectivity index (χ2v) is 6.73. The largest absolute Gasteiger partial charge is 0.308 e. The first-order valence-corrected chi connectivity index (χ1v) is 7.49. The zero-order chi connectivity index (χ0) is 13.3. The third-order valence-electron chi connectivity index (χ3n) is 5.77. The zero-order valence-corrected chi connectivity index (χ0v) is 11.9. The number of benzene rings is 1. The third-order valence-corrected chi connectivity index (χ3v) is 5.77. The van der Waals surface area contributed by atoms with Gasteiger partial charge < -0.3 is 4.90 Å². The van der Waals surface area contributed by atoms with Crippen LogP contribution in [0.25, 0.3) is 0 Å². The molecule has 1 amide bonds. The Kier molecular flexibility index (Phi) is 2.19. The minimum Gasteiger partial charge on any atom is -0.308 e. The zero-order valence-electron chi connectivity index (χ0n) is 11.9. The van der Waals surface area contributed by atoms with Gasteiger partial charge in [-0.05, 0) is 67.7 Å². The Hall–Kier alpha value is -1.31. The van der Waals surface area contributed by atoms with Crippen LogP contribution in [-0.4, -0.2) is 11.9 Å². The van der Waals surface area contributed by atoms with Gasteiger partial charge in [0.25, 0.3) is 0 Å². The maximum absolute atomic E-state index is 12.1. The Morgan fingerprint density at radius 3 is 2.58 bits per heavy atom. The van der Waals surface area contributed by atoms with Gasteiger partial charge in [-0.15, -0.1) is 0 Å². The Morgan fingerprint density at radius 1 is 1.16 bits per heavy atom. The van der Waals surface area contributed by atoms with Gasteiger partial charge in [0.15, 0.2) is 0 Å². The SMILES string of the molecule is CC(=O)N1c2cc(C)c(C)cc2[C@@H]2[C@H]3CC[C@H](C3)[C@@H]21. The van der Waals surface area contributed by atoms with Crippen molar-refractivity contribution in [3.8, 4) is 0 Å². The highest BCUT2D eigenvalue weighted by molar-refractivity contribution is 5.95. The van der Waals surface area contributed by atoms with Crippen molar-refractivity contribution in [2.75, 3.05) is 4.90 Å². The Morgan fingerprint density at radius 2 is 1.84 bits per heavy atom. The van der Waals surface area contributed by atoms with Crippen molar-refractivity contribution in [1.29, 1.82) is 0 Å². The number of anilines is 1. The summed E-state index contributed by atoms with van der Waals surface area (Å²) in [5.41, 5.74) is 5.33. The van der Waals surface area contributed by atoms with Crippen molar-refractivity contribution in [3.63, 3.8) is 0 Å². The molecule has 4 rings (SSSR count). The first kappa shape index (κ1) is 11.5. The molecule has 2 fully saturated rings. The first-order chi connectivity index (χ1) is 9.08. The summed E-state index contributed by atoms with van der Waals surface area (Å²) < 4.78 is 0. The van der Waals surface area contributed by atoms with Crippen molar-refractivity contribution >= 4 is 11.6 Å². The molecule has 0 spiro atoms. The topological polar surface area (TPSA) is 20.3 Å². The second kappa shape index (κ2) is 3.62. The van der Waals surface area contributed by atoms with E-state index in [-0.39, 0.29) is 5.91 Å². The molecule has 1 aromatic carbocycles. The van der Waals surface area contributed by atoms with Gasteiger partial charge >= 0.3 is 0 Å². The van der Waals surface area contributed by atoms with E-state index in [1.165, 1.54) is 41.6 Å². The van der Waals surface area contributed by atoms with E-state index in [0.29, 0.717) is 12.0 Å². The van der Waals surface area contributed by atoms with E-state index in [9.17, 15) is 4.79 Å². The van der Waals surface area contributed by atoms with E-state index >= 15 is 0 Å². The van der Waals surface area contributed by atoms with Crippen molar-refractivity contribution < 1.29 is 4.79 Å². The highest BCUT2D eigenvalue weighted by Gasteiger charge is 2.55. The van der Waals surface area contributed by atoms with Crippen LogP contribution in [0.2, 0.25) is 0 Å². The van der Waals surface area contributed by atoms with Crippen molar-refractivity contribution in [3.05, 3.63) is 28.8 Å². The number of carbonyl (C=O) groups excluding carboxylic acids is 1. The fourth-order valence-corrected chi connectivity index (χ4v) is 4.91. The van der Waals surface area contributed by atoms with Crippen LogP contribution in [0.5, 0.6) is 0 Å². The molecule has 1 aliphatic heterocycles. The summed E-state index contributed by atoms with van der Waals surface area (Å²) >= 11 is 0. The lowest BCUT2D eigenvalue weighted by Crippen LogP contribution is -2.41. The maximum atomic E-state index is 12.1. The lowest BCUT2D eigenvalue weighted by Gasteiger charge is -2.31. The van der Waals surface area contributed by atoms with Crippen LogP contribution < -0.4 is 4.90 Å². The predicted molar refractivity (Wildman–Crippen MR) is 76.4 cm³/mol. The van der Waals surface area contributed by atoms with Crippen molar-refractivity contribution in [2.45, 2.75) is 52.0 Å². The average molecular weight is 255 g/mol. The van der Waals surface area contributed by atoms with Crippen LogP contribution in [0, 0.1) is 25.7 Å². The highest BCUT2D eigenvalue weighted by atomic mass is 16.2. The average Bonchev–Trinajstić information content (AvgIpc) is 3.00. The Bertz CT molecular complexity index is 577. The highest BCUT2D eigenvalue weighted by Crippen LogP contribution is 2.60. The summed E-state index contributed by atoms with van der Waals surface area (Å²) in [4.78, 5) is 14.3. The van der Waals surface area contributed by atoms with E-state index < -0.39 is 0 Å². The molecule has 1 aromatic rings. The summed E-state index contributed by atoms with van der Waals surface area (Å²) in [6, 6.07) is 5.06. The molecule has 2 bridgehead atoms. The van der Waals surface area contributed by atoms with Gasteiger partial charge in [-0.3, -0.25) is 4.79 Å². The normalized spacial score (nSPS) is 34.6. The summed E-state index contributed by atoms with van der Waals surface area (Å²) in [5, 5.41) is 0. The predicted octanol–water partition coefficient (Wildman–Crippen LogP) is 3.55. The number of amides is 1. The smallest absolute Gasteiger partial charge is 0.224 e. The number of carbonyl (C=O) groups is 1. The van der Waals surface area contributed by atoms with Gasteiger partial charge in [-0.25, -0.2) is 0 Å². The molecule has 0 aromatic heterocycles. The maximum Gasteiger partial charge on any atom is 0.224 e. The quantitative estimate of drug-likeness (QED) is 0.694. The number of fused-ring (bicyclic) bond motifs is 7. The summed E-state index contributed by atoms with van der Waals surface area (Å²) in [6.07, 6.45) is 4.02. The minimum atomic E-state index is 0.226. The molecule has 2 saturated carbocycles. The van der Waals surface area contributed by atoms with Crippen molar-refractivity contribution in [1.82, 2.24) is 0 Å².